The molecule has 0 aromatic rings. The molecule has 5 rings (SSSR count). The fraction of sp³-hybridized carbons (Fsp3) is 0.610. The third-order valence-electron chi connectivity index (χ3n) is 8.92. The third-order valence-corrected chi connectivity index (χ3v) is 16.4. The second-order valence-corrected chi connectivity index (χ2v) is 22.4. The van der Waals surface area contributed by atoms with Gasteiger partial charge in [-0.2, -0.15) is 5.26 Å². The molecule has 0 N–H and O–H groups in total. The summed E-state index contributed by atoms with van der Waals surface area (Å²) >= 11 is 0. The molecule has 5 aliphatic carbocycles. The molecular formula is C41H64BF4FeNP2Ru+3. The van der Waals surface area contributed by atoms with Crippen molar-refractivity contribution >= 4 is 23.1 Å². The molecule has 5 saturated carbocycles. The van der Waals surface area contributed by atoms with E-state index in [1.807, 2.05) is 32.1 Å². The zero-order valence-corrected chi connectivity index (χ0v) is 37.4. The molecule has 0 unspecified atom stereocenters. The van der Waals surface area contributed by atoms with Crippen LogP contribution in [0.3, 0.4) is 0 Å². The molecule has 51 heavy (non-hydrogen) atoms. The van der Waals surface area contributed by atoms with Crippen molar-refractivity contribution in [1.82, 2.24) is 0 Å². The van der Waals surface area contributed by atoms with Crippen molar-refractivity contribution in [3.63, 3.8) is 0 Å². The Labute approximate surface area is 341 Å². The maximum atomic E-state index is 9.75. The molecule has 0 heterocycles. The predicted octanol–water partition coefficient (Wildman–Crippen LogP) is 14.0. The predicted molar refractivity (Wildman–Crippen MR) is 210 cm³/mol. The van der Waals surface area contributed by atoms with Gasteiger partial charge in [-0.05, 0) is 141 Å². The van der Waals surface area contributed by atoms with Crippen LogP contribution in [0.25, 0.3) is 0 Å². The molecule has 5 aliphatic rings. The first kappa shape index (κ1) is 54.4. The van der Waals surface area contributed by atoms with Gasteiger partial charge in [0.25, 0.3) is 0 Å². The number of nitriles is 1. The molecule has 0 aliphatic heterocycles. The van der Waals surface area contributed by atoms with Crippen molar-refractivity contribution in [2.24, 2.45) is 0 Å². The van der Waals surface area contributed by atoms with E-state index in [2.05, 4.69) is 101 Å². The van der Waals surface area contributed by atoms with Crippen molar-refractivity contribution in [1.29, 1.82) is 5.26 Å². The van der Waals surface area contributed by atoms with Crippen molar-refractivity contribution in [3.05, 3.63) is 94.0 Å². The average molecular weight is 877 g/mol. The van der Waals surface area contributed by atoms with Crippen LogP contribution in [0, 0.1) is 105 Å². The number of hydrogen-bond donors (Lipinski definition) is 0. The minimum absolute atomic E-state index is 0. The maximum absolute atomic E-state index is 9.75. The Morgan fingerprint density at radius 1 is 0.686 bits per heavy atom. The zero-order chi connectivity index (χ0) is 37.3. The SMILES string of the molecule is CC#N.C[C@H]([C]1[CH][CH][CH][C]1P(C(C)(C)C)C(C)(C)C)P(C1CCCCC1)C1CCCCC1.C[C]1[CH][CH][C](C)[CH]1.F[B-](F)(F)F.[CH]1[CH][CH][CH][CH]1.[Fe+2].[Ru+2]. The molecule has 0 spiro atoms. The summed E-state index contributed by atoms with van der Waals surface area (Å²) in [5, 5.41) is 8.03. The van der Waals surface area contributed by atoms with E-state index < -0.39 is 7.25 Å². The van der Waals surface area contributed by atoms with Crippen LogP contribution in [0.5, 0.6) is 0 Å². The van der Waals surface area contributed by atoms with Crippen LogP contribution in [0.4, 0.5) is 17.3 Å². The normalized spacial score (nSPS) is 22.1. The third kappa shape index (κ3) is 23.2. The molecule has 0 saturated heterocycles. The summed E-state index contributed by atoms with van der Waals surface area (Å²) < 4.78 is 39.0. The van der Waals surface area contributed by atoms with E-state index in [0.717, 1.165) is 17.0 Å². The summed E-state index contributed by atoms with van der Waals surface area (Å²) in [4.78, 5) is 0. The summed E-state index contributed by atoms with van der Waals surface area (Å²) in [7, 11) is -6.11. The Morgan fingerprint density at radius 2 is 1.02 bits per heavy atom. The van der Waals surface area contributed by atoms with Gasteiger partial charge in [0.1, 0.15) is 0 Å². The fourth-order valence-electron chi connectivity index (χ4n) is 7.60. The van der Waals surface area contributed by atoms with E-state index in [4.69, 9.17) is 5.26 Å². The smallest absolute Gasteiger partial charge is 0.418 e. The summed E-state index contributed by atoms with van der Waals surface area (Å²) in [5.41, 5.74) is 4.60. The largest absolute Gasteiger partial charge is 2.00 e. The van der Waals surface area contributed by atoms with Gasteiger partial charge in [-0.25, -0.2) is 0 Å². The Balaban J connectivity index is 0. The Bertz CT molecular complexity index is 840. The maximum Gasteiger partial charge on any atom is 2.00 e. The summed E-state index contributed by atoms with van der Waals surface area (Å²) in [6.07, 6.45) is 38.9. The van der Waals surface area contributed by atoms with E-state index in [1.165, 1.54) is 83.0 Å². The van der Waals surface area contributed by atoms with Gasteiger partial charge >= 0.3 is 43.8 Å². The molecule has 10 heteroatoms. The second kappa shape index (κ2) is 27.8. The Hall–Kier alpha value is 1.28. The van der Waals surface area contributed by atoms with Crippen LogP contribution in [-0.2, 0) is 36.5 Å². The van der Waals surface area contributed by atoms with Gasteiger partial charge in [0, 0.05) is 12.6 Å². The van der Waals surface area contributed by atoms with Gasteiger partial charge in [0.05, 0.1) is 6.07 Å². The average Bonchev–Trinajstić information content (AvgIpc) is 3.78. The molecule has 5 fully saturated rings. The van der Waals surface area contributed by atoms with E-state index in [1.54, 1.807) is 17.6 Å². The van der Waals surface area contributed by atoms with E-state index in [9.17, 15) is 17.3 Å². The molecule has 1 atom stereocenters. The quantitative estimate of drug-likeness (QED) is 0.153. The first-order chi connectivity index (χ1) is 22.8. The Kier molecular flexibility index (Phi) is 29.6. The molecule has 0 aromatic heterocycles. The number of hydrogen-bond acceptors (Lipinski definition) is 1. The molecule has 0 bridgehead atoms. The first-order valence-corrected chi connectivity index (χ1v) is 21.1. The minimum Gasteiger partial charge on any atom is -0.418 e. The molecule has 1 nitrogen and oxygen atoms in total. The second-order valence-electron chi connectivity index (χ2n) is 15.4. The van der Waals surface area contributed by atoms with Gasteiger partial charge in [-0.1, -0.05) is 117 Å². The monoisotopic (exact) mass is 877 g/mol. The van der Waals surface area contributed by atoms with Gasteiger partial charge in [-0.15, -0.1) is 0 Å². The number of halogens is 4. The molecule has 0 amide bonds. The van der Waals surface area contributed by atoms with Crippen LogP contribution in [0.1, 0.15) is 133 Å². The molecule has 0 aromatic carbocycles. The first-order valence-electron chi connectivity index (χ1n) is 18.2. The number of nitrogens with zero attached hydrogens (tertiary/aromatic N) is 1. The zero-order valence-electron chi connectivity index (χ0n) is 32.8. The summed E-state index contributed by atoms with van der Waals surface area (Å²) in [6.45, 7) is 23.2. The summed E-state index contributed by atoms with van der Waals surface area (Å²) in [6, 6.07) is 1.75. The van der Waals surface area contributed by atoms with Gasteiger partial charge in [0.2, 0.25) is 0 Å². The Morgan fingerprint density at radius 3 is 1.29 bits per heavy atom. The molecule has 15 radical (unpaired) electrons. The van der Waals surface area contributed by atoms with Gasteiger partial charge < -0.3 is 17.3 Å². The van der Waals surface area contributed by atoms with Crippen molar-refractivity contribution in [2.45, 2.75) is 161 Å². The van der Waals surface area contributed by atoms with Crippen LogP contribution in [0.15, 0.2) is 0 Å². The minimum atomic E-state index is -6.00. The summed E-state index contributed by atoms with van der Waals surface area (Å²) in [5.74, 6) is 4.47. The number of rotatable bonds is 5. The van der Waals surface area contributed by atoms with E-state index >= 15 is 0 Å². The standard InChI is InChI=1S/C27H47P2.C7H9.C5H5.C2H3N.BF4.Fe.Ru/c1-21(24-19-14-20-25(24)29(26(2,3)4)27(5,6)7)28(22-15-10-8-11-16-22)23-17-12-9-13-18-23;1-6-3-4-7(2)5-6;1-2-4-5-3-1;1-2-3;2-1(3,4)5;;/h14,19-23H,8-13,15-18H2,1-7H3;3-5H,1-2H3;1-5H;1H3;;;/q;;;;-1;2*+2/t21-;;;;;;/m1....../s1. The topological polar surface area (TPSA) is 23.8 Å². The van der Waals surface area contributed by atoms with Crippen LogP contribution < -0.4 is 0 Å². The molecular weight excluding hydrogens is 812 g/mol. The van der Waals surface area contributed by atoms with Crippen molar-refractivity contribution in [3.8, 4) is 6.07 Å². The molecule has 287 valence electrons. The van der Waals surface area contributed by atoms with Crippen molar-refractivity contribution in [2.75, 3.05) is 0 Å². The van der Waals surface area contributed by atoms with Gasteiger partial charge in [0.15, 0.2) is 0 Å². The van der Waals surface area contributed by atoms with Gasteiger partial charge in [-0.3, -0.25) is 0 Å². The van der Waals surface area contributed by atoms with Crippen LogP contribution in [0.2, 0.25) is 0 Å². The van der Waals surface area contributed by atoms with Crippen molar-refractivity contribution < 1.29 is 53.8 Å². The van der Waals surface area contributed by atoms with Crippen LogP contribution >= 0.6 is 15.8 Å². The van der Waals surface area contributed by atoms with Crippen LogP contribution in [-0.4, -0.2) is 34.5 Å². The van der Waals surface area contributed by atoms with E-state index in [-0.39, 0.29) is 52.4 Å². The fourth-order valence-corrected chi connectivity index (χ4v) is 16.3. The van der Waals surface area contributed by atoms with E-state index in [0.29, 0.717) is 10.3 Å².